The van der Waals surface area contributed by atoms with Gasteiger partial charge in [-0.3, -0.25) is 29.0 Å². The summed E-state index contributed by atoms with van der Waals surface area (Å²) in [6.07, 6.45) is 4.12. The summed E-state index contributed by atoms with van der Waals surface area (Å²) in [5.41, 5.74) is 1.85. The smallest absolute Gasteiger partial charge is 0.241 e. The molecule has 1 saturated carbocycles. The van der Waals surface area contributed by atoms with Gasteiger partial charge in [0.2, 0.25) is 23.6 Å². The van der Waals surface area contributed by atoms with Crippen molar-refractivity contribution in [3.8, 4) is 11.5 Å². The van der Waals surface area contributed by atoms with Gasteiger partial charge in [0.05, 0.1) is 35.5 Å². The first-order valence-electron chi connectivity index (χ1n) is 17.9. The molecular weight excluding hydrogens is 630 g/mol. The number of anilines is 1. The van der Waals surface area contributed by atoms with Crippen LogP contribution >= 0.6 is 0 Å². The number of ether oxygens (including phenoxy) is 1. The van der Waals surface area contributed by atoms with Crippen molar-refractivity contribution in [3.63, 3.8) is 0 Å². The molecule has 4 amide bonds. The molecule has 6 atom stereocenters. The predicted octanol–water partition coefficient (Wildman–Crippen LogP) is 5.69. The Balaban J connectivity index is 1.14. The van der Waals surface area contributed by atoms with E-state index < -0.39 is 35.0 Å². The highest BCUT2D eigenvalue weighted by atomic mass is 16.5. The van der Waals surface area contributed by atoms with E-state index in [1.54, 1.807) is 47.4 Å². The summed E-state index contributed by atoms with van der Waals surface area (Å²) in [6.45, 7) is 6.43. The minimum Gasteiger partial charge on any atom is -0.504 e. The number of phenolic OH excluding ortho intramolecular Hbond substituents is 1. The van der Waals surface area contributed by atoms with Gasteiger partial charge in [0.15, 0.2) is 11.5 Å². The van der Waals surface area contributed by atoms with Crippen molar-refractivity contribution < 1.29 is 29.0 Å². The minimum atomic E-state index is -1.23. The number of benzene rings is 3. The van der Waals surface area contributed by atoms with Crippen LogP contribution in [0.5, 0.6) is 11.5 Å². The number of para-hydroxylation sites is 2. The van der Waals surface area contributed by atoms with Crippen molar-refractivity contribution in [3.05, 3.63) is 102 Å². The molecule has 5 aliphatic rings. The third kappa shape index (κ3) is 4.92. The van der Waals surface area contributed by atoms with Crippen LogP contribution in [0.1, 0.15) is 56.6 Å². The largest absolute Gasteiger partial charge is 0.504 e. The van der Waals surface area contributed by atoms with Gasteiger partial charge in [-0.15, -0.1) is 0 Å². The molecule has 50 heavy (non-hydrogen) atoms. The minimum absolute atomic E-state index is 0.0703. The van der Waals surface area contributed by atoms with Crippen molar-refractivity contribution in [1.29, 1.82) is 0 Å². The summed E-state index contributed by atoms with van der Waals surface area (Å²) in [5, 5.41) is 11.6. The molecule has 3 aromatic carbocycles. The molecule has 2 aliphatic carbocycles. The quantitative estimate of drug-likeness (QED) is 0.254. The average molecular weight is 674 g/mol. The van der Waals surface area contributed by atoms with Crippen LogP contribution in [0.2, 0.25) is 0 Å². The maximum absolute atomic E-state index is 14.6. The second-order valence-corrected chi connectivity index (χ2v) is 14.7. The first-order chi connectivity index (χ1) is 24.2. The molecule has 9 nitrogen and oxygen atoms in total. The van der Waals surface area contributed by atoms with E-state index in [-0.39, 0.29) is 41.8 Å². The summed E-state index contributed by atoms with van der Waals surface area (Å²) < 4.78 is 5.77. The molecule has 1 N–H and O–H groups in total. The number of amides is 4. The zero-order valence-corrected chi connectivity index (χ0v) is 28.5. The first kappa shape index (κ1) is 32.4. The van der Waals surface area contributed by atoms with Crippen LogP contribution in [0.3, 0.4) is 0 Å². The molecule has 258 valence electrons. The molecule has 0 bridgehead atoms. The Morgan fingerprint density at radius 1 is 0.840 bits per heavy atom. The highest BCUT2D eigenvalue weighted by Gasteiger charge is 2.68. The molecule has 0 spiro atoms. The second-order valence-electron chi connectivity index (χ2n) is 14.7. The molecule has 3 aliphatic heterocycles. The summed E-state index contributed by atoms with van der Waals surface area (Å²) in [7, 11) is 0. The highest BCUT2D eigenvalue weighted by Crippen LogP contribution is 2.65. The third-order valence-electron chi connectivity index (χ3n) is 12.1. The van der Waals surface area contributed by atoms with Crippen LogP contribution < -0.4 is 9.64 Å². The van der Waals surface area contributed by atoms with Gasteiger partial charge in [-0.1, -0.05) is 72.3 Å². The number of likely N-dealkylation sites (tertiary alicyclic amines) is 2. The van der Waals surface area contributed by atoms with Gasteiger partial charge in [-0.25, -0.2) is 4.90 Å². The molecule has 0 radical (unpaired) electrons. The number of hydrogen-bond donors (Lipinski definition) is 1. The number of carbonyl (C=O) groups excluding carboxylic acids is 4. The van der Waals surface area contributed by atoms with E-state index in [0.717, 1.165) is 38.0 Å². The number of nitrogens with zero attached hydrogens (tertiary/aromatic N) is 3. The van der Waals surface area contributed by atoms with Gasteiger partial charge < -0.3 is 9.84 Å². The van der Waals surface area contributed by atoms with Crippen LogP contribution in [-0.4, -0.2) is 64.3 Å². The van der Waals surface area contributed by atoms with Crippen LogP contribution in [0, 0.1) is 29.1 Å². The zero-order valence-electron chi connectivity index (χ0n) is 28.5. The fraction of sp³-hybridized carbons (Fsp3) is 0.415. The van der Waals surface area contributed by atoms with Gasteiger partial charge in [0.25, 0.3) is 0 Å². The fourth-order valence-corrected chi connectivity index (χ4v) is 9.79. The van der Waals surface area contributed by atoms with Crippen molar-refractivity contribution in [2.24, 2.45) is 29.1 Å². The van der Waals surface area contributed by atoms with E-state index in [2.05, 4.69) is 17.0 Å². The number of piperidine rings is 1. The number of allylic oxidation sites excluding steroid dienone is 2. The molecule has 0 unspecified atom stereocenters. The van der Waals surface area contributed by atoms with E-state index >= 15 is 0 Å². The predicted molar refractivity (Wildman–Crippen MR) is 187 cm³/mol. The van der Waals surface area contributed by atoms with E-state index in [9.17, 15) is 24.3 Å². The number of imide groups is 2. The zero-order chi connectivity index (χ0) is 34.7. The Bertz CT molecular complexity index is 1870. The fourth-order valence-electron chi connectivity index (χ4n) is 9.79. The van der Waals surface area contributed by atoms with Gasteiger partial charge >= 0.3 is 0 Å². The molecule has 3 aromatic rings. The normalized spacial score (nSPS) is 29.9. The third-order valence-corrected chi connectivity index (χ3v) is 12.1. The lowest BCUT2D eigenvalue weighted by Gasteiger charge is -2.49. The van der Waals surface area contributed by atoms with E-state index in [4.69, 9.17) is 4.74 Å². The first-order valence-corrected chi connectivity index (χ1v) is 17.9. The Morgan fingerprint density at radius 3 is 2.24 bits per heavy atom. The van der Waals surface area contributed by atoms with E-state index in [1.807, 2.05) is 44.2 Å². The van der Waals surface area contributed by atoms with Crippen LogP contribution in [0.15, 0.2) is 90.5 Å². The number of carbonyl (C=O) groups is 4. The van der Waals surface area contributed by atoms with Crippen LogP contribution in [0.25, 0.3) is 0 Å². The lowest BCUT2D eigenvalue weighted by atomic mass is 9.51. The average Bonchev–Trinajstić information content (AvgIpc) is 3.50. The lowest BCUT2D eigenvalue weighted by Crippen LogP contribution is -2.49. The van der Waals surface area contributed by atoms with Crippen molar-refractivity contribution >= 4 is 29.3 Å². The maximum Gasteiger partial charge on any atom is 0.241 e. The van der Waals surface area contributed by atoms with E-state index in [1.165, 1.54) is 10.5 Å². The van der Waals surface area contributed by atoms with Gasteiger partial charge in [-0.2, -0.15) is 0 Å². The van der Waals surface area contributed by atoms with Gasteiger partial charge in [-0.05, 0) is 69.2 Å². The van der Waals surface area contributed by atoms with Crippen molar-refractivity contribution in [2.45, 2.75) is 58.0 Å². The van der Waals surface area contributed by atoms with Crippen LogP contribution in [0.4, 0.5) is 5.69 Å². The lowest BCUT2D eigenvalue weighted by molar-refractivity contribution is -0.144. The number of fused-ring (bicyclic) bond motifs is 4. The van der Waals surface area contributed by atoms with Crippen molar-refractivity contribution in [2.75, 3.05) is 24.6 Å². The molecule has 9 heteroatoms. The summed E-state index contributed by atoms with van der Waals surface area (Å²) in [4.78, 5) is 63.0. The van der Waals surface area contributed by atoms with E-state index in [0.29, 0.717) is 30.0 Å². The molecule has 3 saturated heterocycles. The molecule has 3 heterocycles. The number of hydrogen-bond acceptors (Lipinski definition) is 7. The number of rotatable bonds is 7. The Kier molecular flexibility index (Phi) is 8.13. The van der Waals surface area contributed by atoms with Crippen LogP contribution in [-0.2, 0) is 25.7 Å². The summed E-state index contributed by atoms with van der Waals surface area (Å²) >= 11 is 0. The van der Waals surface area contributed by atoms with Gasteiger partial charge in [0, 0.05) is 37.2 Å². The number of phenols is 1. The molecular formula is C41H43N3O6. The summed E-state index contributed by atoms with van der Waals surface area (Å²) in [5.74, 6) is -3.71. The van der Waals surface area contributed by atoms with Gasteiger partial charge in [0.1, 0.15) is 0 Å². The molecule has 8 rings (SSSR count). The topological polar surface area (TPSA) is 107 Å². The number of aromatic hydroxyl groups is 1. The Morgan fingerprint density at radius 2 is 1.54 bits per heavy atom. The summed E-state index contributed by atoms with van der Waals surface area (Å²) in [6, 6.07) is 24.4. The SMILES string of the molecule is CCOc1cccc([C@H]2C3=CC[C@@H]4C(=O)N(C5CCN(Cc6ccccc6)CC5)C(=O)[C@@H]4[C@@H]3C[C@H]3C(=O)N(c4ccccc4)C(=O)[C@@]23C)c1O. The molecule has 4 fully saturated rings. The second kappa shape index (κ2) is 12.5. The Labute approximate surface area is 292 Å². The monoisotopic (exact) mass is 673 g/mol. The van der Waals surface area contributed by atoms with Crippen molar-refractivity contribution in [1.82, 2.24) is 9.80 Å². The maximum atomic E-state index is 14.6. The standard InChI is InChI=1S/C41H43N3O6/c1-3-50-33-16-10-15-30(36(33)45)35-28-17-18-29-34(31(28)23-32-38(47)44(40(49)41(32,35)2)26-13-8-5-9-14-26)39(48)43(37(29)46)27-19-21-42(22-20-27)24-25-11-6-4-7-12-25/h4-17,27,29,31-32,34-35,45H,3,18-24H2,1-2H3/t29-,31+,32-,34-,35+,41+/m0/s1. The highest BCUT2D eigenvalue weighted by molar-refractivity contribution is 6.24. The molecule has 0 aromatic heterocycles. The Hall–Kier alpha value is -4.76.